The molecule has 2 aromatic rings. The van der Waals surface area contributed by atoms with Gasteiger partial charge in [-0.2, -0.15) is 0 Å². The van der Waals surface area contributed by atoms with Gasteiger partial charge in [0.1, 0.15) is 0 Å². The van der Waals surface area contributed by atoms with Gasteiger partial charge in [0, 0.05) is 41.8 Å². The van der Waals surface area contributed by atoms with Crippen LogP contribution in [0.4, 0.5) is 0 Å². The molecule has 1 aliphatic heterocycles. The lowest BCUT2D eigenvalue weighted by atomic mass is 10.2. The van der Waals surface area contributed by atoms with Crippen LogP contribution in [-0.2, 0) is 22.9 Å². The maximum atomic E-state index is 11.6. The Morgan fingerprint density at radius 2 is 1.64 bits per heavy atom. The summed E-state index contributed by atoms with van der Waals surface area (Å²) in [4.78, 5) is 6.76. The second-order valence-corrected chi connectivity index (χ2v) is 10.4. The number of rotatable bonds is 5. The number of halogens is 1. The third-order valence-electron chi connectivity index (χ3n) is 4.50. The van der Waals surface area contributed by atoms with Crippen LogP contribution < -0.4 is 0 Å². The van der Waals surface area contributed by atoms with Crippen molar-refractivity contribution in [3.63, 3.8) is 0 Å². The molecular weight excluding hydrogens is 420 g/mol. The fraction of sp³-hybridized carbons (Fsp3) is 0.444. The molecule has 0 N–H and O–H groups in total. The van der Waals surface area contributed by atoms with Gasteiger partial charge >= 0.3 is 0 Å². The predicted molar refractivity (Wildman–Crippen MR) is 107 cm³/mol. The van der Waals surface area contributed by atoms with Crippen molar-refractivity contribution in [2.75, 3.05) is 32.4 Å². The van der Waals surface area contributed by atoms with Crippen LogP contribution in [0.15, 0.2) is 45.1 Å². The van der Waals surface area contributed by atoms with Gasteiger partial charge in [-0.1, -0.05) is 12.1 Å². The van der Waals surface area contributed by atoms with Crippen molar-refractivity contribution in [1.29, 1.82) is 0 Å². The maximum Gasteiger partial charge on any atom is 0.175 e. The van der Waals surface area contributed by atoms with Crippen molar-refractivity contribution in [1.82, 2.24) is 9.80 Å². The lowest BCUT2D eigenvalue weighted by Gasteiger charge is -2.21. The van der Waals surface area contributed by atoms with E-state index in [1.807, 2.05) is 12.1 Å². The highest BCUT2D eigenvalue weighted by Crippen LogP contribution is 2.24. The summed E-state index contributed by atoms with van der Waals surface area (Å²) in [6.07, 6.45) is 2.40. The summed E-state index contributed by atoms with van der Waals surface area (Å²) < 4.78 is 24.3. The molecule has 0 atom stereocenters. The van der Waals surface area contributed by atoms with E-state index >= 15 is 0 Å². The van der Waals surface area contributed by atoms with Crippen LogP contribution in [0, 0.1) is 0 Å². The molecule has 2 heterocycles. The molecule has 0 saturated carbocycles. The minimum atomic E-state index is -3.12. The molecule has 1 aromatic heterocycles. The molecular formula is C18H23BrN2O2S2. The molecule has 3 rings (SSSR count). The van der Waals surface area contributed by atoms with E-state index in [9.17, 15) is 8.42 Å². The monoisotopic (exact) mass is 442 g/mol. The van der Waals surface area contributed by atoms with Crippen molar-refractivity contribution in [2.24, 2.45) is 0 Å². The third-order valence-corrected chi connectivity index (χ3v) is 7.54. The number of benzene rings is 1. The normalized spacial score (nSPS) is 17.5. The Kier molecular flexibility index (Phi) is 6.33. The van der Waals surface area contributed by atoms with Gasteiger partial charge in [-0.15, -0.1) is 11.3 Å². The molecule has 7 heteroatoms. The Morgan fingerprint density at radius 3 is 2.20 bits per heavy atom. The van der Waals surface area contributed by atoms with Crippen LogP contribution in [0.5, 0.6) is 0 Å². The average molecular weight is 443 g/mol. The molecule has 0 bridgehead atoms. The standard InChI is InChI=1S/C18H23BrN2O2S2/c1-25(22,23)16-5-3-15(4-6-16)13-20-8-2-9-21(11-10-20)14-18-17(19)7-12-24-18/h3-7,12H,2,8-11,13-14H2,1H3. The molecule has 25 heavy (non-hydrogen) atoms. The van der Waals surface area contributed by atoms with Crippen LogP contribution in [0.25, 0.3) is 0 Å². The highest BCUT2D eigenvalue weighted by molar-refractivity contribution is 9.10. The van der Waals surface area contributed by atoms with Crippen LogP contribution in [0.2, 0.25) is 0 Å². The Labute approximate surface area is 162 Å². The van der Waals surface area contributed by atoms with Gasteiger partial charge in [0.15, 0.2) is 9.84 Å². The summed E-state index contributed by atoms with van der Waals surface area (Å²) in [7, 11) is -3.12. The smallest absolute Gasteiger partial charge is 0.175 e. The van der Waals surface area contributed by atoms with Crippen molar-refractivity contribution in [2.45, 2.75) is 24.4 Å². The van der Waals surface area contributed by atoms with E-state index in [2.05, 4.69) is 37.2 Å². The SMILES string of the molecule is CS(=O)(=O)c1ccc(CN2CCCN(Cc3sccc3Br)CC2)cc1. The first-order valence-corrected chi connectivity index (χ1v) is 11.9. The van der Waals surface area contributed by atoms with Crippen molar-refractivity contribution < 1.29 is 8.42 Å². The third kappa shape index (κ3) is 5.37. The fourth-order valence-electron chi connectivity index (χ4n) is 3.08. The quantitative estimate of drug-likeness (QED) is 0.708. The number of thiophene rings is 1. The molecule has 1 fully saturated rings. The highest BCUT2D eigenvalue weighted by atomic mass is 79.9. The summed E-state index contributed by atoms with van der Waals surface area (Å²) in [6, 6.07) is 9.40. The molecule has 1 saturated heterocycles. The summed E-state index contributed by atoms with van der Waals surface area (Å²) in [5.74, 6) is 0. The molecule has 136 valence electrons. The number of sulfone groups is 1. The Hall–Kier alpha value is -0.730. The molecule has 1 aromatic carbocycles. The van der Waals surface area contributed by atoms with E-state index in [1.165, 1.54) is 21.2 Å². The zero-order valence-electron chi connectivity index (χ0n) is 14.3. The molecule has 0 spiro atoms. The molecule has 0 amide bonds. The average Bonchev–Trinajstić information content (AvgIpc) is 2.83. The van der Waals surface area contributed by atoms with Gasteiger partial charge in [-0.3, -0.25) is 9.80 Å². The van der Waals surface area contributed by atoms with Crippen molar-refractivity contribution >= 4 is 37.1 Å². The van der Waals surface area contributed by atoms with E-state index < -0.39 is 9.84 Å². The van der Waals surface area contributed by atoms with E-state index in [0.717, 1.165) is 45.7 Å². The molecule has 0 radical (unpaired) electrons. The lowest BCUT2D eigenvalue weighted by Crippen LogP contribution is -2.30. The Morgan fingerprint density at radius 1 is 1.00 bits per heavy atom. The van der Waals surface area contributed by atoms with Gasteiger partial charge in [-0.05, 0) is 64.6 Å². The van der Waals surface area contributed by atoms with Gasteiger partial charge in [0.2, 0.25) is 0 Å². The van der Waals surface area contributed by atoms with E-state index in [4.69, 9.17) is 0 Å². The lowest BCUT2D eigenvalue weighted by molar-refractivity contribution is 0.248. The first-order chi connectivity index (χ1) is 11.9. The topological polar surface area (TPSA) is 40.6 Å². The van der Waals surface area contributed by atoms with Crippen LogP contribution in [-0.4, -0.2) is 50.7 Å². The van der Waals surface area contributed by atoms with Gasteiger partial charge in [-0.25, -0.2) is 8.42 Å². The van der Waals surface area contributed by atoms with Crippen LogP contribution in [0.1, 0.15) is 16.9 Å². The summed E-state index contributed by atoms with van der Waals surface area (Å²) >= 11 is 5.42. The molecule has 0 aliphatic carbocycles. The second-order valence-electron chi connectivity index (χ2n) is 6.51. The van der Waals surface area contributed by atoms with Crippen LogP contribution in [0.3, 0.4) is 0 Å². The zero-order chi connectivity index (χ0) is 17.9. The summed E-state index contributed by atoms with van der Waals surface area (Å²) in [5, 5.41) is 2.13. The van der Waals surface area contributed by atoms with Crippen molar-refractivity contribution in [3.8, 4) is 0 Å². The molecule has 1 aliphatic rings. The fourth-order valence-corrected chi connectivity index (χ4v) is 5.23. The molecule has 0 unspecified atom stereocenters. The largest absolute Gasteiger partial charge is 0.298 e. The van der Waals surface area contributed by atoms with Gasteiger partial charge in [0.05, 0.1) is 4.90 Å². The van der Waals surface area contributed by atoms with Crippen molar-refractivity contribution in [3.05, 3.63) is 50.6 Å². The Bertz CT molecular complexity index is 803. The highest BCUT2D eigenvalue weighted by Gasteiger charge is 2.17. The van der Waals surface area contributed by atoms with E-state index in [1.54, 1.807) is 23.5 Å². The van der Waals surface area contributed by atoms with E-state index in [0.29, 0.717) is 4.90 Å². The van der Waals surface area contributed by atoms with Gasteiger partial charge in [0.25, 0.3) is 0 Å². The van der Waals surface area contributed by atoms with Gasteiger partial charge < -0.3 is 0 Å². The number of nitrogens with zero attached hydrogens (tertiary/aromatic N) is 2. The van der Waals surface area contributed by atoms with E-state index in [-0.39, 0.29) is 0 Å². The van der Waals surface area contributed by atoms with Crippen LogP contribution >= 0.6 is 27.3 Å². The Balaban J connectivity index is 1.55. The number of hydrogen-bond acceptors (Lipinski definition) is 5. The first kappa shape index (κ1) is 19.0. The second kappa shape index (κ2) is 8.31. The zero-order valence-corrected chi connectivity index (χ0v) is 17.5. The maximum absolute atomic E-state index is 11.6. The minimum absolute atomic E-state index is 0.389. The minimum Gasteiger partial charge on any atom is -0.298 e. The first-order valence-electron chi connectivity index (χ1n) is 8.37. The summed E-state index contributed by atoms with van der Waals surface area (Å²) in [6.45, 7) is 6.18. The molecule has 4 nitrogen and oxygen atoms in total. The predicted octanol–water partition coefficient (Wildman–Crippen LogP) is 3.62. The number of hydrogen-bond donors (Lipinski definition) is 0. The summed E-state index contributed by atoms with van der Waals surface area (Å²) in [5.41, 5.74) is 1.17.